The van der Waals surface area contributed by atoms with Gasteiger partial charge in [0.1, 0.15) is 5.82 Å². The summed E-state index contributed by atoms with van der Waals surface area (Å²) in [4.78, 5) is 16.6. The molecular formula is C23H28F4N2O3. The Morgan fingerprint density at radius 3 is 2.22 bits per heavy atom. The van der Waals surface area contributed by atoms with Gasteiger partial charge in [0, 0.05) is 26.1 Å². The number of benzene rings is 2. The van der Waals surface area contributed by atoms with E-state index in [9.17, 15) is 22.4 Å². The van der Waals surface area contributed by atoms with Gasteiger partial charge in [-0.2, -0.15) is 13.2 Å². The molecule has 0 saturated heterocycles. The Kier molecular flexibility index (Phi) is 9.31. The molecule has 0 fully saturated rings. The minimum absolute atomic E-state index is 0.0104. The van der Waals surface area contributed by atoms with E-state index in [1.807, 2.05) is 19.0 Å². The van der Waals surface area contributed by atoms with Gasteiger partial charge < -0.3 is 19.3 Å². The summed E-state index contributed by atoms with van der Waals surface area (Å²) >= 11 is 0. The number of carbonyl (C=O) groups excluding carboxylic acids is 1. The van der Waals surface area contributed by atoms with E-state index < -0.39 is 12.8 Å². The first-order valence-electron chi connectivity index (χ1n) is 10.1. The summed E-state index contributed by atoms with van der Waals surface area (Å²) in [5, 5.41) is 0. The second kappa shape index (κ2) is 11.7. The van der Waals surface area contributed by atoms with Crippen LogP contribution in [-0.4, -0.2) is 62.8 Å². The predicted molar refractivity (Wildman–Crippen MR) is 113 cm³/mol. The van der Waals surface area contributed by atoms with Crippen LogP contribution in [0.25, 0.3) is 0 Å². The van der Waals surface area contributed by atoms with Crippen LogP contribution in [0.15, 0.2) is 42.5 Å². The van der Waals surface area contributed by atoms with E-state index in [0.29, 0.717) is 26.1 Å². The van der Waals surface area contributed by atoms with Gasteiger partial charge >= 0.3 is 6.18 Å². The molecule has 0 radical (unpaired) electrons. The molecule has 0 atom stereocenters. The van der Waals surface area contributed by atoms with Gasteiger partial charge in [-0.05, 0) is 55.9 Å². The summed E-state index contributed by atoms with van der Waals surface area (Å²) in [6.45, 7) is 0.134. The van der Waals surface area contributed by atoms with Crippen molar-refractivity contribution in [3.63, 3.8) is 0 Å². The number of ether oxygens (including phenoxy) is 2. The number of carbonyl (C=O) groups is 1. The maximum absolute atomic E-state index is 13.2. The molecule has 0 spiro atoms. The van der Waals surface area contributed by atoms with Gasteiger partial charge in [0.15, 0.2) is 18.1 Å². The third kappa shape index (κ3) is 8.74. The average molecular weight is 456 g/mol. The molecule has 1 amide bonds. The van der Waals surface area contributed by atoms with Crippen molar-refractivity contribution in [2.45, 2.75) is 25.6 Å². The molecule has 0 N–H and O–H groups in total. The van der Waals surface area contributed by atoms with Crippen LogP contribution in [0.5, 0.6) is 11.5 Å². The minimum atomic E-state index is -4.45. The lowest BCUT2D eigenvalue weighted by Crippen LogP contribution is -2.36. The highest BCUT2D eigenvalue weighted by molar-refractivity contribution is 5.76. The summed E-state index contributed by atoms with van der Waals surface area (Å²) in [6.07, 6.45) is -3.85. The van der Waals surface area contributed by atoms with E-state index in [1.165, 1.54) is 25.3 Å². The number of aryl methyl sites for hydroxylation is 1. The molecule has 2 aromatic rings. The van der Waals surface area contributed by atoms with E-state index in [2.05, 4.69) is 0 Å². The van der Waals surface area contributed by atoms with Crippen LogP contribution in [0, 0.1) is 5.82 Å². The first-order chi connectivity index (χ1) is 15.1. The second-order valence-corrected chi connectivity index (χ2v) is 7.63. The van der Waals surface area contributed by atoms with Crippen molar-refractivity contribution in [2.24, 2.45) is 0 Å². The van der Waals surface area contributed by atoms with Gasteiger partial charge in [-0.25, -0.2) is 4.39 Å². The first-order valence-corrected chi connectivity index (χ1v) is 10.1. The summed E-state index contributed by atoms with van der Waals surface area (Å²) in [6, 6.07) is 10.6. The fourth-order valence-electron chi connectivity index (χ4n) is 2.98. The monoisotopic (exact) mass is 456 g/mol. The molecule has 0 heterocycles. The van der Waals surface area contributed by atoms with Crippen LogP contribution in [0.1, 0.15) is 17.5 Å². The van der Waals surface area contributed by atoms with Crippen LogP contribution in [0.2, 0.25) is 0 Å². The van der Waals surface area contributed by atoms with Crippen LogP contribution < -0.4 is 9.47 Å². The zero-order valence-electron chi connectivity index (χ0n) is 18.4. The van der Waals surface area contributed by atoms with Crippen molar-refractivity contribution in [2.75, 3.05) is 40.9 Å². The van der Waals surface area contributed by atoms with Gasteiger partial charge in [0.25, 0.3) is 0 Å². The molecule has 32 heavy (non-hydrogen) atoms. The highest BCUT2D eigenvalue weighted by atomic mass is 19.4. The third-order valence-corrected chi connectivity index (χ3v) is 4.70. The molecule has 0 saturated carbocycles. The maximum Gasteiger partial charge on any atom is 0.422 e. The highest BCUT2D eigenvalue weighted by Gasteiger charge is 2.29. The fraction of sp³-hybridized carbons (Fsp3) is 0.435. The fourth-order valence-corrected chi connectivity index (χ4v) is 2.98. The van der Waals surface area contributed by atoms with Gasteiger partial charge in [-0.15, -0.1) is 0 Å². The molecule has 0 aliphatic carbocycles. The Morgan fingerprint density at radius 1 is 0.969 bits per heavy atom. The lowest BCUT2D eigenvalue weighted by molar-refractivity contribution is -0.153. The van der Waals surface area contributed by atoms with E-state index in [0.717, 1.165) is 11.1 Å². The summed E-state index contributed by atoms with van der Waals surface area (Å²) in [7, 11) is 5.17. The van der Waals surface area contributed by atoms with Crippen LogP contribution in [0.3, 0.4) is 0 Å². The standard InChI is InChI=1S/C23H28F4N2O3/c1-28(2)12-13-29(15-18-4-8-19(24)9-5-18)22(30)11-7-17-6-10-20(21(14-17)31-3)32-16-23(25,26)27/h4-6,8-10,14H,7,11-13,15-16H2,1-3H3. The first kappa shape index (κ1) is 25.5. The van der Waals surface area contributed by atoms with Crippen molar-refractivity contribution in [3.05, 3.63) is 59.4 Å². The zero-order valence-corrected chi connectivity index (χ0v) is 18.4. The Balaban J connectivity index is 2.03. The quantitative estimate of drug-likeness (QED) is 0.473. The number of hydrogen-bond donors (Lipinski definition) is 0. The van der Waals surface area contributed by atoms with Crippen LogP contribution in [0.4, 0.5) is 17.6 Å². The van der Waals surface area contributed by atoms with Gasteiger partial charge in [0.05, 0.1) is 7.11 Å². The Hall–Kier alpha value is -2.81. The molecule has 2 rings (SSSR count). The molecule has 0 unspecified atom stereocenters. The van der Waals surface area contributed by atoms with E-state index >= 15 is 0 Å². The van der Waals surface area contributed by atoms with Crippen molar-refractivity contribution in [1.82, 2.24) is 9.80 Å². The SMILES string of the molecule is COc1cc(CCC(=O)N(CCN(C)C)Cc2ccc(F)cc2)ccc1OCC(F)(F)F. The van der Waals surface area contributed by atoms with Crippen molar-refractivity contribution >= 4 is 5.91 Å². The summed E-state index contributed by atoms with van der Waals surface area (Å²) < 4.78 is 60.3. The molecule has 9 heteroatoms. The normalized spacial score (nSPS) is 11.5. The third-order valence-electron chi connectivity index (χ3n) is 4.70. The second-order valence-electron chi connectivity index (χ2n) is 7.63. The largest absolute Gasteiger partial charge is 0.493 e. The minimum Gasteiger partial charge on any atom is -0.493 e. The summed E-state index contributed by atoms with van der Waals surface area (Å²) in [5.74, 6) is -0.247. The van der Waals surface area contributed by atoms with Gasteiger partial charge in [-0.3, -0.25) is 4.79 Å². The van der Waals surface area contributed by atoms with Gasteiger partial charge in [0.2, 0.25) is 5.91 Å². The van der Waals surface area contributed by atoms with Crippen LogP contribution in [-0.2, 0) is 17.8 Å². The van der Waals surface area contributed by atoms with Gasteiger partial charge in [-0.1, -0.05) is 18.2 Å². The molecule has 2 aromatic carbocycles. The zero-order chi connectivity index (χ0) is 23.7. The molecule has 176 valence electrons. The van der Waals surface area contributed by atoms with Crippen molar-refractivity contribution in [1.29, 1.82) is 0 Å². The molecule has 0 aliphatic rings. The van der Waals surface area contributed by atoms with E-state index in [4.69, 9.17) is 9.47 Å². The molecular weight excluding hydrogens is 428 g/mol. The maximum atomic E-state index is 13.2. The number of methoxy groups -OCH3 is 1. The molecule has 0 bridgehead atoms. The Bertz CT molecular complexity index is 871. The summed E-state index contributed by atoms with van der Waals surface area (Å²) in [5.41, 5.74) is 1.57. The molecule has 0 aliphatic heterocycles. The molecule has 0 aromatic heterocycles. The smallest absolute Gasteiger partial charge is 0.422 e. The lowest BCUT2D eigenvalue weighted by Gasteiger charge is -2.25. The number of nitrogens with zero attached hydrogens (tertiary/aromatic N) is 2. The van der Waals surface area contributed by atoms with Crippen molar-refractivity contribution in [3.8, 4) is 11.5 Å². The number of rotatable bonds is 11. The van der Waals surface area contributed by atoms with E-state index in [1.54, 1.807) is 29.2 Å². The molecule has 5 nitrogen and oxygen atoms in total. The topological polar surface area (TPSA) is 42.0 Å². The Morgan fingerprint density at radius 2 is 1.62 bits per heavy atom. The lowest BCUT2D eigenvalue weighted by atomic mass is 10.1. The highest BCUT2D eigenvalue weighted by Crippen LogP contribution is 2.30. The number of alkyl halides is 3. The van der Waals surface area contributed by atoms with E-state index in [-0.39, 0.29) is 29.6 Å². The predicted octanol–water partition coefficient (Wildman–Crippen LogP) is 4.30. The number of likely N-dealkylation sites (N-methyl/N-ethyl adjacent to an activating group) is 1. The Labute approximate surface area is 185 Å². The van der Waals surface area contributed by atoms with Crippen molar-refractivity contribution < 1.29 is 31.8 Å². The average Bonchev–Trinajstić information content (AvgIpc) is 2.74. The van der Waals surface area contributed by atoms with Crippen LogP contribution >= 0.6 is 0 Å². The number of amides is 1. The number of hydrogen-bond acceptors (Lipinski definition) is 4. The number of halogens is 4.